The minimum absolute atomic E-state index is 0.139. The van der Waals surface area contributed by atoms with Crippen molar-refractivity contribution in [3.05, 3.63) is 59.7 Å². The molecular weight excluding hydrogens is 608 g/mol. The van der Waals surface area contributed by atoms with Crippen molar-refractivity contribution in [2.45, 2.75) is 64.8 Å². The Hall–Kier alpha value is -4.04. The molecule has 0 bridgehead atoms. The summed E-state index contributed by atoms with van der Waals surface area (Å²) in [6.07, 6.45) is 9.59. The first-order valence-corrected chi connectivity index (χ1v) is 15.3. The second kappa shape index (κ2) is 16.7. The summed E-state index contributed by atoms with van der Waals surface area (Å²) in [6, 6.07) is 3.26. The normalized spacial score (nSPS) is 23.9. The average Bonchev–Trinajstić information content (AvgIpc) is 3.60. The molecule has 13 nitrogen and oxygen atoms in total. The molecule has 3 heterocycles. The van der Waals surface area contributed by atoms with Gasteiger partial charge in [-0.2, -0.15) is 0 Å². The molecular formula is C32H39B2N3O10. The quantitative estimate of drug-likeness (QED) is 0.136. The molecule has 0 spiro atoms. The van der Waals surface area contributed by atoms with Crippen molar-refractivity contribution in [3.63, 3.8) is 0 Å². The van der Waals surface area contributed by atoms with Gasteiger partial charge in [-0.3, -0.25) is 4.79 Å². The van der Waals surface area contributed by atoms with Gasteiger partial charge in [-0.25, -0.2) is 9.78 Å². The number of ketones is 1. The van der Waals surface area contributed by atoms with E-state index in [0.29, 0.717) is 42.5 Å². The first kappa shape index (κ1) is 35.8. The van der Waals surface area contributed by atoms with Crippen LogP contribution in [0.2, 0.25) is 0 Å². The maximum absolute atomic E-state index is 13.6. The summed E-state index contributed by atoms with van der Waals surface area (Å²) in [5.41, 5.74) is 0.631. The fraction of sp³-hybridized carbons (Fsp3) is 0.469. The number of imidazole rings is 1. The first-order valence-electron chi connectivity index (χ1n) is 15.3. The van der Waals surface area contributed by atoms with E-state index in [1.165, 1.54) is 28.0 Å². The fourth-order valence-electron chi connectivity index (χ4n) is 5.11. The van der Waals surface area contributed by atoms with E-state index in [0.717, 1.165) is 0 Å². The van der Waals surface area contributed by atoms with Gasteiger partial charge in [-0.1, -0.05) is 25.2 Å². The van der Waals surface area contributed by atoms with Gasteiger partial charge in [0.1, 0.15) is 41.3 Å². The Morgan fingerprint density at radius 3 is 2.68 bits per heavy atom. The number of rotatable bonds is 13. The van der Waals surface area contributed by atoms with Crippen molar-refractivity contribution in [2.24, 2.45) is 5.92 Å². The fourth-order valence-corrected chi connectivity index (χ4v) is 5.11. The molecule has 1 fully saturated rings. The zero-order valence-electron chi connectivity index (χ0n) is 27.2. The second-order valence-electron chi connectivity index (χ2n) is 11.5. The minimum atomic E-state index is -0.945. The molecule has 1 saturated heterocycles. The zero-order chi connectivity index (χ0) is 34.0. The number of fused-ring (bicyclic) bond motifs is 2. The van der Waals surface area contributed by atoms with Crippen LogP contribution in [0.3, 0.4) is 0 Å². The highest BCUT2D eigenvalue weighted by molar-refractivity contribution is 6.65. The van der Waals surface area contributed by atoms with Crippen LogP contribution in [0.25, 0.3) is 6.08 Å². The van der Waals surface area contributed by atoms with E-state index in [2.05, 4.69) is 4.98 Å². The lowest BCUT2D eigenvalue weighted by molar-refractivity contribution is -0.152. The molecule has 4 atom stereocenters. The number of esters is 1. The Labute approximate surface area is 275 Å². The van der Waals surface area contributed by atoms with E-state index in [4.69, 9.17) is 28.4 Å². The van der Waals surface area contributed by atoms with Gasteiger partial charge in [0.05, 0.1) is 18.9 Å². The lowest BCUT2D eigenvalue weighted by Gasteiger charge is -2.22. The summed E-state index contributed by atoms with van der Waals surface area (Å²) in [5.74, 6) is -0.946. The molecule has 2 aliphatic rings. The third-order valence-corrected chi connectivity index (χ3v) is 7.60. The summed E-state index contributed by atoms with van der Waals surface area (Å²) < 4.78 is 36.4. The molecule has 3 unspecified atom stereocenters. The number of hydrogen-bond acceptors (Lipinski definition) is 12. The van der Waals surface area contributed by atoms with Crippen LogP contribution in [0.15, 0.2) is 42.8 Å². The minimum Gasteiger partial charge on any atom is -0.492 e. The SMILES string of the molecule is COCOc1cc(OCCN([B]C=O)Cc2nccn2[B]C=O)cc2c1C(=O)OC(C)[C@H](C)/C=C\C(=O)C1OC(C)(C)OC1C/C=C/2. The Bertz CT molecular complexity index is 1480. The highest BCUT2D eigenvalue weighted by Crippen LogP contribution is 2.34. The van der Waals surface area contributed by atoms with E-state index in [-0.39, 0.29) is 43.0 Å². The monoisotopic (exact) mass is 647 g/mol. The Balaban J connectivity index is 1.62. The summed E-state index contributed by atoms with van der Waals surface area (Å²) >= 11 is 0. The van der Waals surface area contributed by atoms with Gasteiger partial charge in [-0.05, 0) is 44.9 Å². The number of carbonyl (C=O) groups is 4. The number of benzene rings is 1. The molecule has 47 heavy (non-hydrogen) atoms. The van der Waals surface area contributed by atoms with Crippen molar-refractivity contribution in [1.29, 1.82) is 0 Å². The van der Waals surface area contributed by atoms with Gasteiger partial charge in [0.2, 0.25) is 0 Å². The summed E-state index contributed by atoms with van der Waals surface area (Å²) in [6.45, 7) is 7.67. The van der Waals surface area contributed by atoms with Gasteiger partial charge < -0.3 is 47.3 Å². The van der Waals surface area contributed by atoms with E-state index < -0.39 is 30.1 Å². The van der Waals surface area contributed by atoms with Crippen LogP contribution >= 0.6 is 0 Å². The number of methoxy groups -OCH3 is 1. The van der Waals surface area contributed by atoms with Crippen LogP contribution in [0, 0.1) is 5.92 Å². The maximum atomic E-state index is 13.6. The van der Waals surface area contributed by atoms with Crippen LogP contribution in [-0.4, -0.2) is 104 Å². The van der Waals surface area contributed by atoms with Crippen molar-refractivity contribution < 1.29 is 47.6 Å². The van der Waals surface area contributed by atoms with Crippen molar-refractivity contribution in [3.8, 4) is 11.5 Å². The topological polar surface area (TPSA) is 145 Å². The lowest BCUT2D eigenvalue weighted by Crippen LogP contribution is -2.34. The third kappa shape index (κ3) is 9.74. The van der Waals surface area contributed by atoms with Crippen molar-refractivity contribution in [1.82, 2.24) is 14.3 Å². The molecule has 2 radical (unpaired) electrons. The number of carbonyl (C=O) groups excluding carboxylic acids is 4. The van der Waals surface area contributed by atoms with Crippen LogP contribution in [-0.2, 0) is 39.9 Å². The van der Waals surface area contributed by atoms with Crippen molar-refractivity contribution in [2.75, 3.05) is 27.1 Å². The van der Waals surface area contributed by atoms with E-state index >= 15 is 0 Å². The molecule has 2 aliphatic heterocycles. The number of ether oxygens (including phenoxy) is 6. The Morgan fingerprint density at radius 1 is 1.13 bits per heavy atom. The number of aromatic nitrogens is 2. The molecule has 2 aromatic rings. The van der Waals surface area contributed by atoms with Gasteiger partial charge in [0.15, 0.2) is 18.4 Å². The van der Waals surface area contributed by atoms with Crippen molar-refractivity contribution >= 4 is 45.0 Å². The number of hydrogen-bond donors (Lipinski definition) is 0. The average molecular weight is 647 g/mol. The first-order chi connectivity index (χ1) is 22.5. The second-order valence-corrected chi connectivity index (χ2v) is 11.5. The largest absolute Gasteiger partial charge is 0.492 e. The molecule has 0 aliphatic carbocycles. The molecule has 1 aromatic heterocycles. The van der Waals surface area contributed by atoms with Gasteiger partial charge in [0, 0.05) is 44.6 Å². The van der Waals surface area contributed by atoms with Gasteiger partial charge >= 0.3 is 13.4 Å². The molecule has 1 aromatic carbocycles. The maximum Gasteiger partial charge on any atom is 0.342 e. The molecule has 4 rings (SSSR count). The molecule has 15 heteroatoms. The molecule has 0 amide bonds. The predicted octanol–water partition coefficient (Wildman–Crippen LogP) is 2.46. The highest BCUT2D eigenvalue weighted by Gasteiger charge is 2.43. The van der Waals surface area contributed by atoms with Gasteiger partial charge in [0.25, 0.3) is 7.41 Å². The summed E-state index contributed by atoms with van der Waals surface area (Å²) in [4.78, 5) is 54.9. The van der Waals surface area contributed by atoms with Crippen LogP contribution < -0.4 is 9.47 Å². The smallest absolute Gasteiger partial charge is 0.342 e. The highest BCUT2D eigenvalue weighted by atomic mass is 16.8. The van der Waals surface area contributed by atoms with Crippen LogP contribution in [0.4, 0.5) is 0 Å². The third-order valence-electron chi connectivity index (χ3n) is 7.60. The molecule has 0 N–H and O–H groups in total. The van der Waals surface area contributed by atoms with Gasteiger partial charge in [-0.15, -0.1) is 0 Å². The Morgan fingerprint density at radius 2 is 1.94 bits per heavy atom. The predicted molar refractivity (Wildman–Crippen MR) is 173 cm³/mol. The van der Waals surface area contributed by atoms with E-state index in [9.17, 15) is 19.2 Å². The summed E-state index contributed by atoms with van der Waals surface area (Å²) in [7, 11) is 4.16. The van der Waals surface area contributed by atoms with E-state index in [1.807, 2.05) is 6.92 Å². The standard InChI is InChI=1S/C32H39B2N3O10/c1-21-9-10-25(40)30-26(46-32(3,4)47-30)8-6-7-23-15-24(16-27(44-20-42-5)29(23)31(41)45-22(21)2)43-14-13-36(33-18-38)17-28-35-11-12-37(28)34-19-39/h6-7,9-12,15-16,18-19,21-22,26,30H,8,13-14,17,20H2,1-5H3/b7-6+,10-9-/t21-,22?,26?,30?/m1/s1. The molecule has 0 saturated carbocycles. The molecule has 248 valence electrons. The van der Waals surface area contributed by atoms with Crippen LogP contribution in [0.5, 0.6) is 11.5 Å². The Kier molecular flexibility index (Phi) is 12.7. The number of cyclic esters (lactones) is 1. The van der Waals surface area contributed by atoms with Crippen LogP contribution in [0.1, 0.15) is 55.9 Å². The number of nitrogens with zero attached hydrogens (tertiary/aromatic N) is 3. The lowest BCUT2D eigenvalue weighted by atomic mass is 9.94. The van der Waals surface area contributed by atoms with E-state index in [1.54, 1.807) is 72.8 Å². The zero-order valence-corrected chi connectivity index (χ0v) is 27.2. The summed E-state index contributed by atoms with van der Waals surface area (Å²) in [5, 5.41) is 0.